The molecular formula is C15H23NO. The molecule has 1 aromatic rings. The highest BCUT2D eigenvalue weighted by atomic mass is 16.3. The molecule has 2 unspecified atom stereocenters. The molecule has 0 amide bonds. The van der Waals surface area contributed by atoms with Crippen molar-refractivity contribution < 1.29 is 5.11 Å². The van der Waals surface area contributed by atoms with Crippen LogP contribution >= 0.6 is 0 Å². The van der Waals surface area contributed by atoms with Gasteiger partial charge in [-0.25, -0.2) is 0 Å². The van der Waals surface area contributed by atoms with E-state index in [1.165, 1.54) is 25.1 Å². The summed E-state index contributed by atoms with van der Waals surface area (Å²) in [6.45, 7) is 8.25. The smallest absolute Gasteiger partial charge is 0.115 e. The van der Waals surface area contributed by atoms with Crippen LogP contribution < -0.4 is 0 Å². The summed E-state index contributed by atoms with van der Waals surface area (Å²) in [5.74, 6) is 2.02. The summed E-state index contributed by atoms with van der Waals surface area (Å²) in [6.07, 6.45) is 2.40. The topological polar surface area (TPSA) is 23.5 Å². The van der Waals surface area contributed by atoms with E-state index in [-0.39, 0.29) is 0 Å². The molecule has 2 heteroatoms. The van der Waals surface area contributed by atoms with Crippen LogP contribution in [0.5, 0.6) is 5.75 Å². The second kappa shape index (κ2) is 5.54. The third-order valence-electron chi connectivity index (χ3n) is 3.57. The van der Waals surface area contributed by atoms with Gasteiger partial charge < -0.3 is 10.0 Å². The molecular weight excluding hydrogens is 210 g/mol. The fraction of sp³-hybridized carbons (Fsp3) is 0.600. The van der Waals surface area contributed by atoms with E-state index in [0.717, 1.165) is 24.8 Å². The predicted molar refractivity (Wildman–Crippen MR) is 71.2 cm³/mol. The van der Waals surface area contributed by atoms with Gasteiger partial charge in [-0.1, -0.05) is 26.0 Å². The number of benzene rings is 1. The lowest BCUT2D eigenvalue weighted by Crippen LogP contribution is -2.39. The van der Waals surface area contributed by atoms with Gasteiger partial charge in [-0.3, -0.25) is 0 Å². The van der Waals surface area contributed by atoms with Gasteiger partial charge in [0, 0.05) is 19.6 Å². The normalized spacial score (nSPS) is 26.0. The predicted octanol–water partition coefficient (Wildman–Crippen LogP) is 2.91. The third kappa shape index (κ3) is 3.74. The third-order valence-corrected chi connectivity index (χ3v) is 3.57. The fourth-order valence-electron chi connectivity index (χ4n) is 2.97. The van der Waals surface area contributed by atoms with Crippen LogP contribution in [0.4, 0.5) is 0 Å². The number of likely N-dealkylation sites (tertiary alicyclic amines) is 1. The highest BCUT2D eigenvalue weighted by Gasteiger charge is 2.21. The minimum Gasteiger partial charge on any atom is -0.508 e. The molecule has 0 saturated carbocycles. The van der Waals surface area contributed by atoms with Crippen molar-refractivity contribution in [2.24, 2.45) is 11.8 Å². The maximum atomic E-state index is 9.42. The van der Waals surface area contributed by atoms with Gasteiger partial charge in [0.1, 0.15) is 5.75 Å². The molecule has 0 bridgehead atoms. The van der Waals surface area contributed by atoms with Crippen LogP contribution in [0, 0.1) is 11.8 Å². The monoisotopic (exact) mass is 233 g/mol. The average Bonchev–Trinajstić information content (AvgIpc) is 2.25. The van der Waals surface area contributed by atoms with Gasteiger partial charge in [-0.15, -0.1) is 0 Å². The van der Waals surface area contributed by atoms with Crippen LogP contribution in [-0.4, -0.2) is 29.6 Å². The first-order valence-corrected chi connectivity index (χ1v) is 6.63. The number of rotatable bonds is 3. The molecule has 2 rings (SSSR count). The molecule has 0 spiro atoms. The number of nitrogens with zero attached hydrogens (tertiary/aromatic N) is 1. The van der Waals surface area contributed by atoms with Gasteiger partial charge in [-0.05, 0) is 42.4 Å². The van der Waals surface area contributed by atoms with E-state index in [2.05, 4.69) is 24.8 Å². The summed E-state index contributed by atoms with van der Waals surface area (Å²) in [6, 6.07) is 7.62. The Morgan fingerprint density at radius 1 is 1.24 bits per heavy atom. The van der Waals surface area contributed by atoms with Crippen LogP contribution in [0.15, 0.2) is 24.3 Å². The number of aromatic hydroxyl groups is 1. The summed E-state index contributed by atoms with van der Waals surface area (Å²) in [5.41, 5.74) is 1.23. The number of piperidine rings is 1. The first kappa shape index (κ1) is 12.4. The quantitative estimate of drug-likeness (QED) is 0.867. The van der Waals surface area contributed by atoms with Crippen LogP contribution in [0.2, 0.25) is 0 Å². The van der Waals surface area contributed by atoms with Crippen molar-refractivity contribution in [1.82, 2.24) is 4.90 Å². The van der Waals surface area contributed by atoms with E-state index in [1.54, 1.807) is 6.07 Å². The van der Waals surface area contributed by atoms with E-state index in [0.29, 0.717) is 5.75 Å². The molecule has 1 saturated heterocycles. The van der Waals surface area contributed by atoms with Crippen molar-refractivity contribution in [2.45, 2.75) is 26.7 Å². The zero-order chi connectivity index (χ0) is 12.3. The summed E-state index contributed by atoms with van der Waals surface area (Å²) in [4.78, 5) is 2.56. The van der Waals surface area contributed by atoms with E-state index in [4.69, 9.17) is 0 Å². The molecule has 1 aliphatic rings. The second-order valence-electron chi connectivity index (χ2n) is 5.63. The highest BCUT2D eigenvalue weighted by Crippen LogP contribution is 2.21. The number of phenolic OH excluding ortho intramolecular Hbond substituents is 1. The molecule has 1 N–H and O–H groups in total. The van der Waals surface area contributed by atoms with Gasteiger partial charge in [0.25, 0.3) is 0 Å². The molecule has 0 aliphatic carbocycles. The lowest BCUT2D eigenvalue weighted by atomic mass is 9.92. The molecule has 1 aromatic carbocycles. The maximum absolute atomic E-state index is 9.42. The van der Waals surface area contributed by atoms with Crippen molar-refractivity contribution in [3.63, 3.8) is 0 Å². The Labute approximate surface area is 104 Å². The molecule has 0 radical (unpaired) electrons. The molecule has 2 nitrogen and oxygen atoms in total. The second-order valence-corrected chi connectivity index (χ2v) is 5.63. The fourth-order valence-corrected chi connectivity index (χ4v) is 2.97. The Kier molecular flexibility index (Phi) is 4.06. The van der Waals surface area contributed by atoms with E-state index < -0.39 is 0 Å². The highest BCUT2D eigenvalue weighted by molar-refractivity contribution is 5.27. The summed E-state index contributed by atoms with van der Waals surface area (Å²) in [7, 11) is 0. The molecule has 0 aromatic heterocycles. The van der Waals surface area contributed by atoms with Gasteiger partial charge in [0.05, 0.1) is 0 Å². The van der Waals surface area contributed by atoms with Gasteiger partial charge in [0.2, 0.25) is 0 Å². The lowest BCUT2D eigenvalue weighted by molar-refractivity contribution is 0.142. The maximum Gasteiger partial charge on any atom is 0.115 e. The summed E-state index contributed by atoms with van der Waals surface area (Å²) < 4.78 is 0. The van der Waals surface area contributed by atoms with E-state index >= 15 is 0 Å². The van der Waals surface area contributed by atoms with Crippen LogP contribution in [-0.2, 0) is 6.42 Å². The largest absolute Gasteiger partial charge is 0.508 e. The molecule has 1 fully saturated rings. The number of hydrogen-bond acceptors (Lipinski definition) is 2. The lowest BCUT2D eigenvalue weighted by Gasteiger charge is -2.34. The molecule has 1 heterocycles. The van der Waals surface area contributed by atoms with E-state index in [9.17, 15) is 5.11 Å². The summed E-state index contributed by atoms with van der Waals surface area (Å²) in [5, 5.41) is 9.42. The van der Waals surface area contributed by atoms with Crippen LogP contribution in [0.25, 0.3) is 0 Å². The minimum absolute atomic E-state index is 0.378. The minimum atomic E-state index is 0.378. The van der Waals surface area contributed by atoms with Crippen molar-refractivity contribution in [3.05, 3.63) is 29.8 Å². The van der Waals surface area contributed by atoms with E-state index in [1.807, 2.05) is 12.1 Å². The van der Waals surface area contributed by atoms with Crippen LogP contribution in [0.3, 0.4) is 0 Å². The Balaban J connectivity index is 1.85. The first-order chi connectivity index (χ1) is 8.13. The van der Waals surface area contributed by atoms with Gasteiger partial charge in [-0.2, -0.15) is 0 Å². The van der Waals surface area contributed by atoms with Crippen LogP contribution in [0.1, 0.15) is 25.8 Å². The Morgan fingerprint density at radius 2 is 1.94 bits per heavy atom. The van der Waals surface area contributed by atoms with Crippen molar-refractivity contribution in [1.29, 1.82) is 0 Å². The first-order valence-electron chi connectivity index (χ1n) is 6.63. The van der Waals surface area contributed by atoms with Crippen molar-refractivity contribution in [2.75, 3.05) is 19.6 Å². The SMILES string of the molecule is CC1CC(C)CN(CCc2cccc(O)c2)C1. The zero-order valence-corrected chi connectivity index (χ0v) is 10.9. The number of hydrogen-bond donors (Lipinski definition) is 1. The molecule has 94 valence electrons. The van der Waals surface area contributed by atoms with Gasteiger partial charge >= 0.3 is 0 Å². The molecule has 17 heavy (non-hydrogen) atoms. The molecule has 2 atom stereocenters. The Hall–Kier alpha value is -1.02. The summed E-state index contributed by atoms with van der Waals surface area (Å²) >= 11 is 0. The Morgan fingerprint density at radius 3 is 2.59 bits per heavy atom. The zero-order valence-electron chi connectivity index (χ0n) is 10.9. The molecule has 1 aliphatic heterocycles. The van der Waals surface area contributed by atoms with Crippen molar-refractivity contribution in [3.8, 4) is 5.75 Å². The Bertz CT molecular complexity index is 354. The standard InChI is InChI=1S/C15H23NO/c1-12-8-13(2)11-16(10-12)7-6-14-4-3-5-15(17)9-14/h3-5,9,12-13,17H,6-8,10-11H2,1-2H3. The van der Waals surface area contributed by atoms with Crippen molar-refractivity contribution >= 4 is 0 Å². The average molecular weight is 233 g/mol. The number of phenols is 1. The van der Waals surface area contributed by atoms with Gasteiger partial charge in [0.15, 0.2) is 0 Å².